The van der Waals surface area contributed by atoms with Crippen molar-refractivity contribution in [2.24, 2.45) is 5.92 Å². The summed E-state index contributed by atoms with van der Waals surface area (Å²) in [5, 5.41) is 6.87. The van der Waals surface area contributed by atoms with Gasteiger partial charge in [-0.05, 0) is 54.8 Å². The molecule has 3 aromatic rings. The molecule has 1 fully saturated rings. The molecule has 2 aromatic carbocycles. The van der Waals surface area contributed by atoms with Gasteiger partial charge < -0.3 is 9.84 Å². The van der Waals surface area contributed by atoms with Crippen LogP contribution in [0.15, 0.2) is 57.9 Å². The predicted octanol–water partition coefficient (Wildman–Crippen LogP) is 3.96. The summed E-state index contributed by atoms with van der Waals surface area (Å²) in [6, 6.07) is 12.1. The van der Waals surface area contributed by atoms with Gasteiger partial charge in [-0.2, -0.15) is 9.29 Å². The molecule has 0 saturated carbocycles. The maximum Gasteiger partial charge on any atom is 0.243 e. The van der Waals surface area contributed by atoms with Gasteiger partial charge in [-0.3, -0.25) is 4.79 Å². The fourth-order valence-electron chi connectivity index (χ4n) is 3.84. The number of nitrogens with zero attached hydrogens (tertiary/aromatic N) is 3. The summed E-state index contributed by atoms with van der Waals surface area (Å²) in [5.41, 5.74) is 1.60. The van der Waals surface area contributed by atoms with Crippen molar-refractivity contribution in [3.8, 4) is 0 Å². The first-order chi connectivity index (χ1) is 16.2. The quantitative estimate of drug-likeness (QED) is 0.542. The molecule has 1 N–H and O–H groups in total. The van der Waals surface area contributed by atoms with E-state index in [0.29, 0.717) is 43.2 Å². The number of hydrogen-bond acceptors (Lipinski definition) is 6. The van der Waals surface area contributed by atoms with Gasteiger partial charge in [0.1, 0.15) is 5.82 Å². The van der Waals surface area contributed by atoms with Crippen LogP contribution in [-0.2, 0) is 21.2 Å². The summed E-state index contributed by atoms with van der Waals surface area (Å²) in [5.74, 6) is 0.162. The Hall–Kier alpha value is -3.11. The van der Waals surface area contributed by atoms with Gasteiger partial charge >= 0.3 is 0 Å². The number of amides is 1. The predicted molar refractivity (Wildman–Crippen MR) is 124 cm³/mol. The highest BCUT2D eigenvalue weighted by atomic mass is 32.2. The van der Waals surface area contributed by atoms with E-state index in [1.807, 2.05) is 26.0 Å². The van der Waals surface area contributed by atoms with Crippen LogP contribution >= 0.6 is 0 Å². The molecule has 8 nitrogen and oxygen atoms in total. The van der Waals surface area contributed by atoms with Crippen molar-refractivity contribution in [1.29, 1.82) is 0 Å². The Morgan fingerprint density at radius 2 is 1.88 bits per heavy atom. The van der Waals surface area contributed by atoms with E-state index in [-0.39, 0.29) is 23.3 Å². The van der Waals surface area contributed by atoms with Crippen molar-refractivity contribution in [3.63, 3.8) is 0 Å². The van der Waals surface area contributed by atoms with E-state index < -0.39 is 21.8 Å². The van der Waals surface area contributed by atoms with Gasteiger partial charge in [-0.15, -0.1) is 0 Å². The number of piperidine rings is 1. The molecule has 4 rings (SSSR count). The average Bonchev–Trinajstić information content (AvgIpc) is 3.30. The van der Waals surface area contributed by atoms with Crippen LogP contribution in [0.3, 0.4) is 0 Å². The molecule has 1 aliphatic rings. The second-order valence-electron chi connectivity index (χ2n) is 8.72. The van der Waals surface area contributed by atoms with Crippen molar-refractivity contribution >= 4 is 21.6 Å². The first kappa shape index (κ1) is 24.0. The number of anilines is 1. The molecule has 1 saturated heterocycles. The molecule has 10 heteroatoms. The summed E-state index contributed by atoms with van der Waals surface area (Å²) in [7, 11) is -3.79. The summed E-state index contributed by atoms with van der Waals surface area (Å²) < 4.78 is 45.5. The molecule has 1 aromatic heterocycles. The Kier molecular flexibility index (Phi) is 7.08. The summed E-state index contributed by atoms with van der Waals surface area (Å²) >= 11 is 0. The molecule has 0 bridgehead atoms. The molecular formula is C24H27FN4O4S. The van der Waals surface area contributed by atoms with Gasteiger partial charge in [0.05, 0.1) is 10.8 Å². The van der Waals surface area contributed by atoms with Crippen molar-refractivity contribution in [2.75, 3.05) is 18.4 Å². The first-order valence-electron chi connectivity index (χ1n) is 11.2. The standard InChI is InChI=1S/C24H27FN4O4S/c1-16(2)24-27-22(28-33-24)14-17-5-9-20(10-6-17)26-23(30)18-4-3-13-29(15-18)34(31,32)21-11-7-19(25)8-12-21/h5-12,16,18H,3-4,13-15H2,1-2H3,(H,26,30)/t18-/m0/s1. The van der Waals surface area contributed by atoms with Gasteiger partial charge in [0, 0.05) is 31.1 Å². The number of carbonyl (C=O) groups excluding carboxylic acids is 1. The highest BCUT2D eigenvalue weighted by Gasteiger charge is 2.33. The number of nitrogens with one attached hydrogen (secondary N) is 1. The van der Waals surface area contributed by atoms with E-state index in [2.05, 4.69) is 15.5 Å². The van der Waals surface area contributed by atoms with Crippen LogP contribution in [0.1, 0.15) is 49.9 Å². The minimum atomic E-state index is -3.79. The molecule has 0 unspecified atom stereocenters. The SMILES string of the molecule is CC(C)c1nc(Cc2ccc(NC(=O)[C@H]3CCCN(S(=O)(=O)c4ccc(F)cc4)C3)cc2)no1. The Balaban J connectivity index is 1.36. The minimum absolute atomic E-state index is 0.0210. The highest BCUT2D eigenvalue weighted by Crippen LogP contribution is 2.25. The lowest BCUT2D eigenvalue weighted by Gasteiger charge is -2.31. The van der Waals surface area contributed by atoms with Crippen LogP contribution in [0.2, 0.25) is 0 Å². The molecule has 1 amide bonds. The van der Waals surface area contributed by atoms with Crippen molar-refractivity contribution in [1.82, 2.24) is 14.4 Å². The van der Waals surface area contributed by atoms with Crippen LogP contribution in [-0.4, -0.2) is 41.9 Å². The minimum Gasteiger partial charge on any atom is -0.339 e. The Bertz CT molecular complexity index is 1240. The number of aromatic nitrogens is 2. The molecule has 2 heterocycles. The third-order valence-electron chi connectivity index (χ3n) is 5.77. The lowest BCUT2D eigenvalue weighted by atomic mass is 9.98. The maximum atomic E-state index is 13.2. The lowest BCUT2D eigenvalue weighted by molar-refractivity contribution is -0.120. The zero-order chi connectivity index (χ0) is 24.3. The Labute approximate surface area is 198 Å². The number of rotatable bonds is 7. The number of benzene rings is 2. The third kappa shape index (κ3) is 5.51. The fraction of sp³-hybridized carbons (Fsp3) is 0.375. The van der Waals surface area contributed by atoms with E-state index in [9.17, 15) is 17.6 Å². The zero-order valence-electron chi connectivity index (χ0n) is 19.1. The average molecular weight is 487 g/mol. The van der Waals surface area contributed by atoms with Crippen LogP contribution in [0.25, 0.3) is 0 Å². The molecular weight excluding hydrogens is 459 g/mol. The lowest BCUT2D eigenvalue weighted by Crippen LogP contribution is -2.43. The van der Waals surface area contributed by atoms with Crippen molar-refractivity contribution in [3.05, 3.63) is 71.6 Å². The first-order valence-corrected chi connectivity index (χ1v) is 12.6. The normalized spacial score (nSPS) is 17.1. The number of sulfonamides is 1. The van der Waals surface area contributed by atoms with Gasteiger partial charge in [0.15, 0.2) is 5.82 Å². The fourth-order valence-corrected chi connectivity index (χ4v) is 5.36. The number of hydrogen-bond donors (Lipinski definition) is 1. The van der Waals surface area contributed by atoms with Crippen molar-refractivity contribution < 1.29 is 22.1 Å². The molecule has 1 aliphatic heterocycles. The number of halogens is 1. The van der Waals surface area contributed by atoms with Gasteiger partial charge in [0.2, 0.25) is 21.8 Å². The van der Waals surface area contributed by atoms with Crippen LogP contribution < -0.4 is 5.32 Å². The smallest absolute Gasteiger partial charge is 0.243 e. The Morgan fingerprint density at radius 1 is 1.18 bits per heavy atom. The van der Waals surface area contributed by atoms with Crippen LogP contribution in [0, 0.1) is 11.7 Å². The second-order valence-corrected chi connectivity index (χ2v) is 10.7. The van der Waals surface area contributed by atoms with Crippen LogP contribution in [0.5, 0.6) is 0 Å². The van der Waals surface area contributed by atoms with Gasteiger partial charge in [-0.25, -0.2) is 12.8 Å². The molecule has 1 atom stereocenters. The topological polar surface area (TPSA) is 105 Å². The third-order valence-corrected chi connectivity index (χ3v) is 7.65. The molecule has 0 spiro atoms. The Morgan fingerprint density at radius 3 is 2.53 bits per heavy atom. The summed E-state index contributed by atoms with van der Waals surface area (Å²) in [4.78, 5) is 17.2. The van der Waals surface area contributed by atoms with Gasteiger partial charge in [-0.1, -0.05) is 31.1 Å². The van der Waals surface area contributed by atoms with E-state index in [0.717, 1.165) is 17.7 Å². The van der Waals surface area contributed by atoms with E-state index in [1.165, 1.54) is 16.4 Å². The molecule has 34 heavy (non-hydrogen) atoms. The highest BCUT2D eigenvalue weighted by molar-refractivity contribution is 7.89. The van der Waals surface area contributed by atoms with Crippen LogP contribution in [0.4, 0.5) is 10.1 Å². The summed E-state index contributed by atoms with van der Waals surface area (Å²) in [6.07, 6.45) is 1.68. The number of carbonyl (C=O) groups is 1. The summed E-state index contributed by atoms with van der Waals surface area (Å²) in [6.45, 7) is 4.38. The van der Waals surface area contributed by atoms with E-state index >= 15 is 0 Å². The zero-order valence-corrected chi connectivity index (χ0v) is 19.9. The van der Waals surface area contributed by atoms with E-state index in [4.69, 9.17) is 4.52 Å². The molecule has 0 aliphatic carbocycles. The van der Waals surface area contributed by atoms with Crippen molar-refractivity contribution in [2.45, 2.75) is 43.9 Å². The van der Waals surface area contributed by atoms with Gasteiger partial charge in [0.25, 0.3) is 0 Å². The van der Waals surface area contributed by atoms with E-state index in [1.54, 1.807) is 12.1 Å². The monoisotopic (exact) mass is 486 g/mol. The second kappa shape index (κ2) is 10.0. The maximum absolute atomic E-state index is 13.2. The largest absolute Gasteiger partial charge is 0.339 e. The molecule has 0 radical (unpaired) electrons. The molecule has 180 valence electrons.